The van der Waals surface area contributed by atoms with Gasteiger partial charge in [0.25, 0.3) is 0 Å². The molecular formula is C14H18N4O4. The Kier molecular flexibility index (Phi) is 4.50. The lowest BCUT2D eigenvalue weighted by Gasteiger charge is -2.17. The van der Waals surface area contributed by atoms with Crippen LogP contribution in [0.25, 0.3) is 10.9 Å². The number of fused-ring (bicyclic) bond motifs is 1. The maximum absolute atomic E-state index is 10.6. The SMILES string of the molecule is COc1cc2nc(N(C)CCC(=O)O)nc(N)c2cc1OC. The molecule has 0 saturated heterocycles. The second-order valence-corrected chi connectivity index (χ2v) is 4.70. The van der Waals surface area contributed by atoms with Gasteiger partial charge < -0.3 is 25.2 Å². The predicted octanol–water partition coefficient (Wildman–Crippen LogP) is 1.14. The van der Waals surface area contributed by atoms with E-state index in [9.17, 15) is 4.79 Å². The van der Waals surface area contributed by atoms with Gasteiger partial charge in [0, 0.05) is 25.0 Å². The van der Waals surface area contributed by atoms with Crippen LogP contribution in [0, 0.1) is 0 Å². The van der Waals surface area contributed by atoms with Gasteiger partial charge in [0.05, 0.1) is 26.2 Å². The third-order valence-corrected chi connectivity index (χ3v) is 3.22. The molecule has 3 N–H and O–H groups in total. The molecule has 0 aliphatic heterocycles. The van der Waals surface area contributed by atoms with Crippen LogP contribution in [0.1, 0.15) is 6.42 Å². The number of aliphatic carboxylic acids is 1. The van der Waals surface area contributed by atoms with Crippen LogP contribution in [0.3, 0.4) is 0 Å². The number of nitrogens with two attached hydrogens (primary N) is 1. The Morgan fingerprint density at radius 3 is 2.50 bits per heavy atom. The largest absolute Gasteiger partial charge is 0.493 e. The van der Waals surface area contributed by atoms with Crippen molar-refractivity contribution in [2.24, 2.45) is 0 Å². The van der Waals surface area contributed by atoms with E-state index in [-0.39, 0.29) is 13.0 Å². The Labute approximate surface area is 127 Å². The lowest BCUT2D eigenvalue weighted by Crippen LogP contribution is -2.23. The Morgan fingerprint density at radius 2 is 1.91 bits per heavy atom. The molecule has 0 aliphatic carbocycles. The van der Waals surface area contributed by atoms with E-state index >= 15 is 0 Å². The van der Waals surface area contributed by atoms with Crippen LogP contribution in [0.15, 0.2) is 12.1 Å². The van der Waals surface area contributed by atoms with E-state index in [4.69, 9.17) is 20.3 Å². The Bertz CT molecular complexity index is 705. The summed E-state index contributed by atoms with van der Waals surface area (Å²) in [6.45, 7) is 0.285. The highest BCUT2D eigenvalue weighted by atomic mass is 16.5. The Balaban J connectivity index is 2.45. The van der Waals surface area contributed by atoms with Gasteiger partial charge in [-0.1, -0.05) is 0 Å². The average molecular weight is 306 g/mol. The molecule has 0 aliphatic rings. The van der Waals surface area contributed by atoms with Crippen LogP contribution in [0.5, 0.6) is 11.5 Å². The molecule has 2 aromatic rings. The molecule has 8 nitrogen and oxygen atoms in total. The molecule has 0 amide bonds. The normalized spacial score (nSPS) is 10.5. The van der Waals surface area contributed by atoms with E-state index < -0.39 is 5.97 Å². The van der Waals surface area contributed by atoms with Crippen molar-refractivity contribution in [1.82, 2.24) is 9.97 Å². The molecule has 118 valence electrons. The topological polar surface area (TPSA) is 111 Å². The average Bonchev–Trinajstić information content (AvgIpc) is 2.51. The summed E-state index contributed by atoms with van der Waals surface area (Å²) in [5.41, 5.74) is 6.57. The molecule has 0 spiro atoms. The van der Waals surface area contributed by atoms with E-state index in [1.807, 2.05) is 0 Å². The first-order valence-electron chi connectivity index (χ1n) is 6.58. The van der Waals surface area contributed by atoms with E-state index in [1.54, 1.807) is 24.1 Å². The molecular weight excluding hydrogens is 288 g/mol. The van der Waals surface area contributed by atoms with E-state index in [1.165, 1.54) is 14.2 Å². The number of methoxy groups -OCH3 is 2. The molecule has 0 fully saturated rings. The zero-order chi connectivity index (χ0) is 16.3. The zero-order valence-corrected chi connectivity index (χ0v) is 12.7. The molecule has 0 radical (unpaired) electrons. The minimum atomic E-state index is -0.882. The van der Waals surface area contributed by atoms with Gasteiger partial charge in [-0.25, -0.2) is 4.98 Å². The van der Waals surface area contributed by atoms with Crippen molar-refractivity contribution in [3.63, 3.8) is 0 Å². The van der Waals surface area contributed by atoms with Crippen molar-refractivity contribution in [3.05, 3.63) is 12.1 Å². The number of rotatable bonds is 6. The van der Waals surface area contributed by atoms with Gasteiger partial charge in [-0.3, -0.25) is 4.79 Å². The van der Waals surface area contributed by atoms with Crippen LogP contribution in [-0.4, -0.2) is 48.9 Å². The second kappa shape index (κ2) is 6.33. The first-order chi connectivity index (χ1) is 10.5. The fourth-order valence-corrected chi connectivity index (χ4v) is 2.00. The quantitative estimate of drug-likeness (QED) is 0.817. The minimum absolute atomic E-state index is 0.0102. The lowest BCUT2D eigenvalue weighted by molar-refractivity contribution is -0.136. The molecule has 1 heterocycles. The maximum atomic E-state index is 10.6. The van der Waals surface area contributed by atoms with Crippen LogP contribution in [0.2, 0.25) is 0 Å². The number of nitrogen functional groups attached to an aromatic ring is 1. The number of aromatic nitrogens is 2. The van der Waals surface area contributed by atoms with Gasteiger partial charge in [0.2, 0.25) is 5.95 Å². The number of benzene rings is 1. The van der Waals surface area contributed by atoms with Crippen molar-refractivity contribution in [2.75, 3.05) is 38.4 Å². The van der Waals surface area contributed by atoms with Crippen molar-refractivity contribution < 1.29 is 19.4 Å². The fraction of sp³-hybridized carbons (Fsp3) is 0.357. The molecule has 0 atom stereocenters. The number of carbonyl (C=O) groups is 1. The van der Waals surface area contributed by atoms with Gasteiger partial charge in [-0.2, -0.15) is 4.98 Å². The summed E-state index contributed by atoms with van der Waals surface area (Å²) in [7, 11) is 4.78. The number of carboxylic acids is 1. The lowest BCUT2D eigenvalue weighted by atomic mass is 10.2. The summed E-state index contributed by atoms with van der Waals surface area (Å²) in [5.74, 6) is 0.845. The number of nitrogens with zero attached hydrogens (tertiary/aromatic N) is 3. The number of hydrogen-bond acceptors (Lipinski definition) is 7. The van der Waals surface area contributed by atoms with Gasteiger partial charge in [0.15, 0.2) is 11.5 Å². The van der Waals surface area contributed by atoms with Crippen LogP contribution in [0.4, 0.5) is 11.8 Å². The van der Waals surface area contributed by atoms with Crippen molar-refractivity contribution in [2.45, 2.75) is 6.42 Å². The summed E-state index contributed by atoms with van der Waals surface area (Å²) in [4.78, 5) is 20.9. The standard InChI is InChI=1S/C14H18N4O4/c1-18(5-4-12(19)20)14-16-9-7-11(22-3)10(21-2)6-8(9)13(15)17-14/h6-7H,4-5H2,1-3H3,(H,19,20)(H2,15,16,17). The highest BCUT2D eigenvalue weighted by molar-refractivity contribution is 5.91. The van der Waals surface area contributed by atoms with Crippen LogP contribution in [-0.2, 0) is 4.79 Å². The second-order valence-electron chi connectivity index (χ2n) is 4.70. The molecule has 1 aromatic heterocycles. The third kappa shape index (κ3) is 3.11. The van der Waals surface area contributed by atoms with Gasteiger partial charge in [0.1, 0.15) is 5.82 Å². The van der Waals surface area contributed by atoms with Gasteiger partial charge in [-0.15, -0.1) is 0 Å². The molecule has 2 rings (SSSR count). The third-order valence-electron chi connectivity index (χ3n) is 3.22. The van der Waals surface area contributed by atoms with Crippen LogP contribution < -0.4 is 20.1 Å². The van der Waals surface area contributed by atoms with Gasteiger partial charge >= 0.3 is 5.97 Å². The van der Waals surface area contributed by atoms with Gasteiger partial charge in [-0.05, 0) is 6.07 Å². The monoisotopic (exact) mass is 306 g/mol. The summed E-state index contributed by atoms with van der Waals surface area (Å²) >= 11 is 0. The first-order valence-corrected chi connectivity index (χ1v) is 6.58. The van der Waals surface area contributed by atoms with E-state index in [2.05, 4.69) is 9.97 Å². The predicted molar refractivity (Wildman–Crippen MR) is 82.6 cm³/mol. The summed E-state index contributed by atoms with van der Waals surface area (Å²) in [6.07, 6.45) is -0.0102. The smallest absolute Gasteiger partial charge is 0.305 e. The first kappa shape index (κ1) is 15.6. The zero-order valence-electron chi connectivity index (χ0n) is 12.7. The molecule has 8 heteroatoms. The molecule has 0 bridgehead atoms. The van der Waals surface area contributed by atoms with Crippen molar-refractivity contribution in [3.8, 4) is 11.5 Å². The van der Waals surface area contributed by atoms with E-state index in [0.29, 0.717) is 34.2 Å². The number of ether oxygens (including phenoxy) is 2. The number of anilines is 2. The highest BCUT2D eigenvalue weighted by Gasteiger charge is 2.14. The van der Waals surface area contributed by atoms with Crippen LogP contribution >= 0.6 is 0 Å². The fourth-order valence-electron chi connectivity index (χ4n) is 2.00. The Hall–Kier alpha value is -2.77. The summed E-state index contributed by atoms with van der Waals surface area (Å²) in [5, 5.41) is 9.39. The van der Waals surface area contributed by atoms with E-state index in [0.717, 1.165) is 0 Å². The molecule has 1 aromatic carbocycles. The summed E-state index contributed by atoms with van der Waals surface area (Å²) < 4.78 is 10.5. The number of hydrogen-bond donors (Lipinski definition) is 2. The molecule has 22 heavy (non-hydrogen) atoms. The van der Waals surface area contributed by atoms with Crippen molar-refractivity contribution in [1.29, 1.82) is 0 Å². The maximum Gasteiger partial charge on any atom is 0.305 e. The molecule has 0 unspecified atom stereocenters. The van der Waals surface area contributed by atoms with Crippen molar-refractivity contribution >= 4 is 28.6 Å². The highest BCUT2D eigenvalue weighted by Crippen LogP contribution is 2.33. The summed E-state index contributed by atoms with van der Waals surface area (Å²) in [6, 6.07) is 3.42. The number of carboxylic acid groups (broad SMARTS) is 1. The minimum Gasteiger partial charge on any atom is -0.493 e. The Morgan fingerprint density at radius 1 is 1.27 bits per heavy atom. The molecule has 0 saturated carbocycles.